The predicted octanol–water partition coefficient (Wildman–Crippen LogP) is 1.63. The smallest absolute Gasteiger partial charge is 0.339 e. The molecule has 0 aliphatic heterocycles. The molecule has 1 N–H and O–H groups in total. The first-order valence-electron chi connectivity index (χ1n) is 6.32. The Morgan fingerprint density at radius 3 is 2.71 bits per heavy atom. The number of carboxylic acids is 1. The molecule has 0 saturated heterocycles. The second-order valence-corrected chi connectivity index (χ2v) is 4.22. The minimum Gasteiger partial charge on any atom is -0.493 e. The lowest BCUT2D eigenvalue weighted by Crippen LogP contribution is -2.21. The average molecular weight is 289 g/mol. The van der Waals surface area contributed by atoms with Crippen molar-refractivity contribution in [3.8, 4) is 11.5 Å². The Hall–Kier alpha value is -2.76. The average Bonchev–Trinajstić information content (AvgIpc) is 2.49. The van der Waals surface area contributed by atoms with Gasteiger partial charge in [-0.3, -0.25) is 4.79 Å². The van der Waals surface area contributed by atoms with Gasteiger partial charge in [0, 0.05) is 12.3 Å². The highest BCUT2D eigenvalue weighted by Crippen LogP contribution is 2.31. The zero-order chi connectivity index (χ0) is 15.2. The number of aromatic nitrogens is 1. The van der Waals surface area contributed by atoms with Crippen molar-refractivity contribution in [3.63, 3.8) is 0 Å². The number of carbonyl (C=O) groups is 1. The summed E-state index contributed by atoms with van der Waals surface area (Å²) in [5.74, 6) is -0.590. The topological polar surface area (TPSA) is 77.8 Å². The molecule has 0 spiro atoms. The number of para-hydroxylation sites is 1. The molecule has 110 valence electrons. The van der Waals surface area contributed by atoms with Crippen molar-refractivity contribution in [2.24, 2.45) is 0 Å². The van der Waals surface area contributed by atoms with Crippen LogP contribution in [0.4, 0.5) is 0 Å². The standard InChI is InChI=1S/C15H15NO5/c1-20-12-6-4-5-11(15(18)19)14(12)21-10-9-16-8-3-2-7-13(16)17/h2-8H,9-10H2,1H3,(H,18,19). The van der Waals surface area contributed by atoms with E-state index >= 15 is 0 Å². The van der Waals surface area contributed by atoms with Gasteiger partial charge in [0.1, 0.15) is 12.2 Å². The number of benzene rings is 1. The van der Waals surface area contributed by atoms with Crippen LogP contribution in [0.2, 0.25) is 0 Å². The van der Waals surface area contributed by atoms with E-state index in [1.54, 1.807) is 30.5 Å². The lowest BCUT2D eigenvalue weighted by atomic mass is 10.2. The van der Waals surface area contributed by atoms with E-state index in [1.165, 1.54) is 23.8 Å². The molecule has 0 radical (unpaired) electrons. The largest absolute Gasteiger partial charge is 0.493 e. The Morgan fingerprint density at radius 2 is 2.05 bits per heavy atom. The molecule has 0 atom stereocenters. The Kier molecular flexibility index (Phi) is 4.61. The molecule has 6 heteroatoms. The fourth-order valence-corrected chi connectivity index (χ4v) is 1.89. The molecule has 1 heterocycles. The van der Waals surface area contributed by atoms with Crippen LogP contribution in [-0.4, -0.2) is 29.4 Å². The normalized spacial score (nSPS) is 10.1. The number of methoxy groups -OCH3 is 1. The van der Waals surface area contributed by atoms with Gasteiger partial charge in [-0.2, -0.15) is 0 Å². The van der Waals surface area contributed by atoms with E-state index in [-0.39, 0.29) is 23.5 Å². The molecule has 0 unspecified atom stereocenters. The molecule has 2 aromatic rings. The third kappa shape index (κ3) is 3.42. The second kappa shape index (κ2) is 6.60. The molecule has 21 heavy (non-hydrogen) atoms. The van der Waals surface area contributed by atoms with Gasteiger partial charge in [0.2, 0.25) is 0 Å². The van der Waals surface area contributed by atoms with Gasteiger partial charge in [0.15, 0.2) is 11.5 Å². The van der Waals surface area contributed by atoms with Crippen LogP contribution in [0.25, 0.3) is 0 Å². The zero-order valence-corrected chi connectivity index (χ0v) is 11.5. The van der Waals surface area contributed by atoms with Crippen LogP contribution in [0.1, 0.15) is 10.4 Å². The quantitative estimate of drug-likeness (QED) is 0.874. The Morgan fingerprint density at radius 1 is 1.24 bits per heavy atom. The molecule has 0 bridgehead atoms. The highest BCUT2D eigenvalue weighted by Gasteiger charge is 2.16. The SMILES string of the molecule is COc1cccc(C(=O)O)c1OCCn1ccccc1=O. The first-order chi connectivity index (χ1) is 10.1. The predicted molar refractivity (Wildman–Crippen MR) is 76.2 cm³/mol. The lowest BCUT2D eigenvalue weighted by molar-refractivity contribution is 0.0691. The highest BCUT2D eigenvalue weighted by atomic mass is 16.5. The van der Waals surface area contributed by atoms with Crippen LogP contribution < -0.4 is 15.0 Å². The molecule has 1 aromatic carbocycles. The first-order valence-corrected chi connectivity index (χ1v) is 6.32. The Labute approximate surface area is 121 Å². The van der Waals surface area contributed by atoms with Crippen molar-refractivity contribution in [3.05, 3.63) is 58.5 Å². The highest BCUT2D eigenvalue weighted by molar-refractivity contribution is 5.92. The fourth-order valence-electron chi connectivity index (χ4n) is 1.89. The Bertz CT molecular complexity index is 692. The summed E-state index contributed by atoms with van der Waals surface area (Å²) >= 11 is 0. The summed E-state index contributed by atoms with van der Waals surface area (Å²) in [6, 6.07) is 9.49. The minimum atomic E-state index is -1.10. The van der Waals surface area contributed by atoms with Gasteiger partial charge < -0.3 is 19.1 Å². The van der Waals surface area contributed by atoms with Gasteiger partial charge in [-0.15, -0.1) is 0 Å². The molecule has 0 fully saturated rings. The molecule has 0 aliphatic rings. The number of pyridine rings is 1. The van der Waals surface area contributed by atoms with Gasteiger partial charge in [-0.05, 0) is 18.2 Å². The second-order valence-electron chi connectivity index (χ2n) is 4.22. The summed E-state index contributed by atoms with van der Waals surface area (Å²) in [4.78, 5) is 22.7. The number of ether oxygens (including phenoxy) is 2. The number of hydrogen-bond acceptors (Lipinski definition) is 4. The molecule has 1 aromatic heterocycles. The maximum absolute atomic E-state index is 11.5. The number of carboxylic acid groups (broad SMARTS) is 1. The van der Waals surface area contributed by atoms with Gasteiger partial charge >= 0.3 is 5.97 Å². The monoisotopic (exact) mass is 289 g/mol. The molecule has 2 rings (SSSR count). The summed E-state index contributed by atoms with van der Waals surface area (Å²) in [5, 5.41) is 9.16. The summed E-state index contributed by atoms with van der Waals surface area (Å²) in [7, 11) is 1.44. The molecule has 0 amide bonds. The summed E-state index contributed by atoms with van der Waals surface area (Å²) in [6.07, 6.45) is 1.64. The molecule has 0 saturated carbocycles. The van der Waals surface area contributed by atoms with E-state index < -0.39 is 5.97 Å². The molecular weight excluding hydrogens is 274 g/mol. The maximum Gasteiger partial charge on any atom is 0.339 e. The summed E-state index contributed by atoms with van der Waals surface area (Å²) in [6.45, 7) is 0.474. The van der Waals surface area contributed by atoms with Gasteiger partial charge in [0.25, 0.3) is 5.56 Å². The minimum absolute atomic E-state index is 0.0229. The van der Waals surface area contributed by atoms with E-state index in [0.29, 0.717) is 12.3 Å². The van der Waals surface area contributed by atoms with Crippen LogP contribution in [0.3, 0.4) is 0 Å². The van der Waals surface area contributed by atoms with Crippen LogP contribution in [0.5, 0.6) is 11.5 Å². The lowest BCUT2D eigenvalue weighted by Gasteiger charge is -2.13. The van der Waals surface area contributed by atoms with Crippen molar-refractivity contribution in [1.82, 2.24) is 4.57 Å². The summed E-state index contributed by atoms with van der Waals surface area (Å²) < 4.78 is 12.1. The number of aromatic carboxylic acids is 1. The zero-order valence-electron chi connectivity index (χ0n) is 11.5. The van der Waals surface area contributed by atoms with Gasteiger partial charge in [-0.1, -0.05) is 12.1 Å². The van der Waals surface area contributed by atoms with Crippen molar-refractivity contribution in [2.75, 3.05) is 13.7 Å². The molecular formula is C15H15NO5. The van der Waals surface area contributed by atoms with E-state index in [0.717, 1.165) is 0 Å². The van der Waals surface area contributed by atoms with E-state index in [1.807, 2.05) is 0 Å². The first kappa shape index (κ1) is 14.6. The van der Waals surface area contributed by atoms with E-state index in [4.69, 9.17) is 14.6 Å². The number of rotatable bonds is 6. The summed E-state index contributed by atoms with van der Waals surface area (Å²) in [5.41, 5.74) is -0.116. The van der Waals surface area contributed by atoms with Gasteiger partial charge in [0.05, 0.1) is 13.7 Å². The number of nitrogens with zero attached hydrogens (tertiary/aromatic N) is 1. The molecule has 6 nitrogen and oxygen atoms in total. The van der Waals surface area contributed by atoms with Crippen LogP contribution in [0, 0.1) is 0 Å². The number of hydrogen-bond donors (Lipinski definition) is 1. The van der Waals surface area contributed by atoms with Crippen molar-refractivity contribution in [2.45, 2.75) is 6.54 Å². The van der Waals surface area contributed by atoms with Crippen molar-refractivity contribution >= 4 is 5.97 Å². The third-order valence-corrected chi connectivity index (χ3v) is 2.91. The fraction of sp³-hybridized carbons (Fsp3) is 0.200. The third-order valence-electron chi connectivity index (χ3n) is 2.91. The van der Waals surface area contributed by atoms with E-state index in [9.17, 15) is 9.59 Å². The van der Waals surface area contributed by atoms with Gasteiger partial charge in [-0.25, -0.2) is 4.79 Å². The van der Waals surface area contributed by atoms with E-state index in [2.05, 4.69) is 0 Å². The van der Waals surface area contributed by atoms with Crippen LogP contribution in [0.15, 0.2) is 47.4 Å². The maximum atomic E-state index is 11.5. The van der Waals surface area contributed by atoms with Crippen molar-refractivity contribution in [1.29, 1.82) is 0 Å². The molecule has 0 aliphatic carbocycles. The van der Waals surface area contributed by atoms with Crippen molar-refractivity contribution < 1.29 is 19.4 Å². The van der Waals surface area contributed by atoms with Crippen LogP contribution >= 0.6 is 0 Å². The van der Waals surface area contributed by atoms with Crippen LogP contribution in [-0.2, 0) is 6.54 Å². The Balaban J connectivity index is 2.14.